The van der Waals surface area contributed by atoms with E-state index in [4.69, 9.17) is 11.6 Å². The average Bonchev–Trinajstić information content (AvgIpc) is 3.08. The van der Waals surface area contributed by atoms with Crippen LogP contribution >= 0.6 is 23.4 Å². The van der Waals surface area contributed by atoms with Crippen molar-refractivity contribution in [2.75, 3.05) is 12.4 Å². The van der Waals surface area contributed by atoms with E-state index in [-0.39, 0.29) is 11.3 Å². The molecule has 0 aromatic heterocycles. The van der Waals surface area contributed by atoms with Crippen molar-refractivity contribution in [2.24, 2.45) is 0 Å². The fourth-order valence-corrected chi connectivity index (χ4v) is 6.03. The van der Waals surface area contributed by atoms with Gasteiger partial charge in [0.15, 0.2) is 9.84 Å². The summed E-state index contributed by atoms with van der Waals surface area (Å²) in [5, 5.41) is 3.70. The molecule has 1 N–H and O–H groups in total. The Morgan fingerprint density at radius 2 is 1.84 bits per heavy atom. The van der Waals surface area contributed by atoms with Gasteiger partial charge in [0.25, 0.3) is 0 Å². The molecule has 25 heavy (non-hydrogen) atoms. The van der Waals surface area contributed by atoms with Crippen molar-refractivity contribution in [1.29, 1.82) is 0 Å². The van der Waals surface area contributed by atoms with Gasteiger partial charge in [-0.25, -0.2) is 12.8 Å². The molecule has 1 heterocycles. The van der Waals surface area contributed by atoms with E-state index in [9.17, 15) is 12.8 Å². The van der Waals surface area contributed by atoms with E-state index < -0.39 is 19.7 Å². The maximum absolute atomic E-state index is 13.1. The van der Waals surface area contributed by atoms with Crippen molar-refractivity contribution in [3.63, 3.8) is 0 Å². The van der Waals surface area contributed by atoms with Gasteiger partial charge in [-0.2, -0.15) is 0 Å². The highest BCUT2D eigenvalue weighted by Gasteiger charge is 2.47. The molecule has 1 aliphatic heterocycles. The largest absolute Gasteiger partial charge is 0.305 e. The summed E-state index contributed by atoms with van der Waals surface area (Å²) < 4.78 is 38.2. The van der Waals surface area contributed by atoms with Gasteiger partial charge >= 0.3 is 0 Å². The predicted octanol–water partition coefficient (Wildman–Crippen LogP) is 3.68. The van der Waals surface area contributed by atoms with Crippen molar-refractivity contribution in [3.05, 3.63) is 64.9 Å². The molecule has 1 unspecified atom stereocenters. The molecular weight excluding hydrogens is 381 g/mol. The summed E-state index contributed by atoms with van der Waals surface area (Å²) in [5.74, 6) is 6.03. The summed E-state index contributed by atoms with van der Waals surface area (Å²) in [6, 6.07) is 12.0. The van der Waals surface area contributed by atoms with Crippen LogP contribution in [0.3, 0.4) is 0 Å². The van der Waals surface area contributed by atoms with E-state index in [1.165, 1.54) is 23.9 Å². The van der Waals surface area contributed by atoms with Gasteiger partial charge < -0.3 is 5.32 Å². The van der Waals surface area contributed by atoms with Crippen molar-refractivity contribution >= 4 is 33.2 Å². The summed E-state index contributed by atoms with van der Waals surface area (Å²) in [6.45, 7) is 0.298. The summed E-state index contributed by atoms with van der Waals surface area (Å²) >= 11 is 7.16. The Balaban J connectivity index is 1.89. The smallest absolute Gasteiger partial charge is 0.195 e. The van der Waals surface area contributed by atoms with Gasteiger partial charge in [-0.3, -0.25) is 0 Å². The Morgan fingerprint density at radius 1 is 1.16 bits per heavy atom. The molecule has 1 fully saturated rings. The highest BCUT2D eigenvalue weighted by atomic mass is 35.5. The van der Waals surface area contributed by atoms with Crippen LogP contribution in [-0.4, -0.2) is 24.9 Å². The maximum Gasteiger partial charge on any atom is 0.195 e. The van der Waals surface area contributed by atoms with E-state index >= 15 is 0 Å². The molecular formula is C18H15ClFNO2S2. The molecule has 3 nitrogen and oxygen atoms in total. The molecule has 3 rings (SSSR count). The van der Waals surface area contributed by atoms with E-state index in [0.717, 1.165) is 17.7 Å². The SMILES string of the molecule is O=S(=O)(c1ccc(F)cc1)C1(CC#Cc2ccc(Cl)cc2)CNCS1. The fourth-order valence-electron chi connectivity index (χ4n) is 2.50. The second-order valence-electron chi connectivity index (χ2n) is 5.57. The van der Waals surface area contributed by atoms with Crippen LogP contribution in [-0.2, 0) is 9.84 Å². The quantitative estimate of drug-likeness (QED) is 0.636. The van der Waals surface area contributed by atoms with Gasteiger partial charge in [0, 0.05) is 29.4 Å². The van der Waals surface area contributed by atoms with Gasteiger partial charge in [0.1, 0.15) is 9.90 Å². The van der Waals surface area contributed by atoms with E-state index in [1.54, 1.807) is 24.3 Å². The minimum Gasteiger partial charge on any atom is -0.305 e. The Bertz CT molecular complexity index is 910. The molecule has 0 spiro atoms. The zero-order valence-electron chi connectivity index (χ0n) is 13.1. The van der Waals surface area contributed by atoms with Gasteiger partial charge in [-0.1, -0.05) is 23.4 Å². The standard InChI is InChI=1S/C18H15ClFNO2S2/c19-15-5-3-14(4-6-15)2-1-11-18(12-21-13-24-18)25(22,23)17-9-7-16(20)8-10-17/h3-10,21H,11-13H2. The Morgan fingerprint density at radius 3 is 2.44 bits per heavy atom. The minimum absolute atomic E-state index is 0.110. The Kier molecular flexibility index (Phi) is 5.40. The van der Waals surface area contributed by atoms with Crippen LogP contribution in [0.5, 0.6) is 0 Å². The number of halogens is 2. The first-order valence-electron chi connectivity index (χ1n) is 7.52. The average molecular weight is 396 g/mol. The molecule has 0 bridgehead atoms. The first-order chi connectivity index (χ1) is 11.9. The third kappa shape index (κ3) is 3.85. The fraction of sp³-hybridized carbons (Fsp3) is 0.222. The van der Waals surface area contributed by atoms with Gasteiger partial charge in [-0.15, -0.1) is 11.8 Å². The van der Waals surface area contributed by atoms with E-state index in [1.807, 2.05) is 0 Å². The number of thioether (sulfide) groups is 1. The van der Waals surface area contributed by atoms with Crippen LogP contribution in [0.1, 0.15) is 12.0 Å². The zero-order valence-corrected chi connectivity index (χ0v) is 15.5. The van der Waals surface area contributed by atoms with Gasteiger partial charge in [0.2, 0.25) is 0 Å². The van der Waals surface area contributed by atoms with E-state index in [2.05, 4.69) is 17.2 Å². The first-order valence-corrected chi connectivity index (χ1v) is 10.4. The molecule has 7 heteroatoms. The van der Waals surface area contributed by atoms with Crippen LogP contribution in [0.15, 0.2) is 53.4 Å². The van der Waals surface area contributed by atoms with Crippen LogP contribution in [0.25, 0.3) is 0 Å². The number of nitrogens with one attached hydrogen (secondary N) is 1. The van der Waals surface area contributed by atoms with Crippen LogP contribution in [0, 0.1) is 17.7 Å². The lowest BCUT2D eigenvalue weighted by Gasteiger charge is -2.25. The van der Waals surface area contributed by atoms with Crippen LogP contribution in [0.4, 0.5) is 4.39 Å². The lowest BCUT2D eigenvalue weighted by Crippen LogP contribution is -2.38. The molecule has 0 radical (unpaired) electrons. The summed E-state index contributed by atoms with van der Waals surface area (Å²) in [7, 11) is -3.67. The van der Waals surface area contributed by atoms with Crippen molar-refractivity contribution in [1.82, 2.24) is 5.32 Å². The molecule has 1 saturated heterocycles. The highest BCUT2D eigenvalue weighted by molar-refractivity contribution is 8.15. The third-order valence-corrected chi connectivity index (χ3v) is 8.47. The summed E-state index contributed by atoms with van der Waals surface area (Å²) in [5.41, 5.74) is 0.773. The minimum atomic E-state index is -3.67. The predicted molar refractivity (Wildman–Crippen MR) is 99.7 cm³/mol. The topological polar surface area (TPSA) is 46.2 Å². The van der Waals surface area contributed by atoms with Crippen molar-refractivity contribution in [2.45, 2.75) is 15.4 Å². The molecule has 0 amide bonds. The number of sulfone groups is 1. The van der Waals surface area contributed by atoms with Crippen molar-refractivity contribution in [3.8, 4) is 11.8 Å². The Hall–Kier alpha value is -1.52. The summed E-state index contributed by atoms with van der Waals surface area (Å²) in [4.78, 5) is 0.110. The lowest BCUT2D eigenvalue weighted by atomic mass is 10.2. The Labute approximate surface area is 155 Å². The van der Waals surface area contributed by atoms with E-state index in [0.29, 0.717) is 17.4 Å². The maximum atomic E-state index is 13.1. The van der Waals surface area contributed by atoms with Gasteiger partial charge in [-0.05, 0) is 48.5 Å². The molecule has 0 saturated carbocycles. The lowest BCUT2D eigenvalue weighted by molar-refractivity contribution is 0.568. The molecule has 2 aromatic carbocycles. The number of benzene rings is 2. The monoisotopic (exact) mass is 395 g/mol. The number of hydrogen-bond donors (Lipinski definition) is 1. The molecule has 1 atom stereocenters. The number of hydrogen-bond acceptors (Lipinski definition) is 4. The normalized spacial score (nSPS) is 20.1. The molecule has 130 valence electrons. The van der Waals surface area contributed by atoms with Crippen LogP contribution < -0.4 is 5.32 Å². The molecule has 2 aromatic rings. The van der Waals surface area contributed by atoms with Crippen LogP contribution in [0.2, 0.25) is 5.02 Å². The molecule has 1 aliphatic rings. The van der Waals surface area contributed by atoms with Crippen molar-refractivity contribution < 1.29 is 12.8 Å². The summed E-state index contributed by atoms with van der Waals surface area (Å²) in [6.07, 6.45) is 0.174. The second kappa shape index (κ2) is 7.38. The molecule has 0 aliphatic carbocycles. The zero-order chi connectivity index (χ0) is 17.9. The van der Waals surface area contributed by atoms with Gasteiger partial charge in [0.05, 0.1) is 4.90 Å². The highest BCUT2D eigenvalue weighted by Crippen LogP contribution is 2.41. The second-order valence-corrected chi connectivity index (χ2v) is 9.88. The number of rotatable bonds is 3. The third-order valence-electron chi connectivity index (χ3n) is 3.88. The first kappa shape index (κ1) is 18.3.